The van der Waals surface area contributed by atoms with Crippen molar-refractivity contribution in [2.45, 2.75) is 24.8 Å². The van der Waals surface area contributed by atoms with E-state index in [1.807, 2.05) is 60.7 Å². The smallest absolute Gasteiger partial charge is 0.407 e. The molecule has 1 aliphatic rings. The lowest BCUT2D eigenvalue weighted by molar-refractivity contribution is -0.132. The normalized spacial score (nSPS) is 12.5. The molecule has 0 aliphatic heterocycles. The summed E-state index contributed by atoms with van der Waals surface area (Å²) in [6.45, 7) is 0.412. The van der Waals surface area contributed by atoms with Crippen LogP contribution in [-0.2, 0) is 27.2 Å². The van der Waals surface area contributed by atoms with Crippen molar-refractivity contribution in [2.24, 2.45) is 0 Å². The number of amides is 3. The SMILES string of the molecule is CN[C@H](Cc1ccc2ccccc2c1)C(=O)N(C)CCc1ccccc1NC(=O)CNC(=O)OCC1c2ccccc2-c2ccccc21. The van der Waals surface area contributed by atoms with E-state index in [0.717, 1.165) is 38.8 Å². The molecule has 0 saturated carbocycles. The van der Waals surface area contributed by atoms with Crippen molar-refractivity contribution in [1.82, 2.24) is 15.5 Å². The van der Waals surface area contributed by atoms with E-state index in [4.69, 9.17) is 4.74 Å². The molecular formula is C40H40N4O4. The second kappa shape index (κ2) is 15.0. The Hall–Kier alpha value is -5.47. The second-order valence-corrected chi connectivity index (χ2v) is 12.1. The van der Waals surface area contributed by atoms with Gasteiger partial charge in [-0.1, -0.05) is 109 Å². The Bertz CT molecular complexity index is 1890. The van der Waals surface area contributed by atoms with E-state index in [2.05, 4.69) is 70.5 Å². The third-order valence-electron chi connectivity index (χ3n) is 9.02. The monoisotopic (exact) mass is 640 g/mol. The first-order chi connectivity index (χ1) is 23.4. The molecule has 3 N–H and O–H groups in total. The lowest BCUT2D eigenvalue weighted by Crippen LogP contribution is -2.45. The van der Waals surface area contributed by atoms with Crippen molar-refractivity contribution < 1.29 is 19.1 Å². The quantitative estimate of drug-likeness (QED) is 0.152. The van der Waals surface area contributed by atoms with Gasteiger partial charge < -0.3 is 25.6 Å². The van der Waals surface area contributed by atoms with Crippen molar-refractivity contribution >= 4 is 34.4 Å². The van der Waals surface area contributed by atoms with Crippen LogP contribution in [0.5, 0.6) is 0 Å². The molecule has 0 unspecified atom stereocenters. The highest BCUT2D eigenvalue weighted by molar-refractivity contribution is 5.94. The first-order valence-corrected chi connectivity index (χ1v) is 16.3. The van der Waals surface area contributed by atoms with Gasteiger partial charge in [0.25, 0.3) is 0 Å². The highest BCUT2D eigenvalue weighted by Gasteiger charge is 2.29. The minimum atomic E-state index is -0.650. The number of benzene rings is 5. The third kappa shape index (κ3) is 7.40. The highest BCUT2D eigenvalue weighted by atomic mass is 16.5. The number of anilines is 1. The zero-order valence-electron chi connectivity index (χ0n) is 27.2. The van der Waals surface area contributed by atoms with Crippen LogP contribution in [0.2, 0.25) is 0 Å². The molecule has 0 radical (unpaired) electrons. The van der Waals surface area contributed by atoms with E-state index in [1.165, 1.54) is 5.39 Å². The molecule has 1 atom stereocenters. The summed E-state index contributed by atoms with van der Waals surface area (Å²) >= 11 is 0. The van der Waals surface area contributed by atoms with Gasteiger partial charge in [0.15, 0.2) is 0 Å². The molecule has 0 aromatic heterocycles. The molecule has 244 valence electrons. The molecule has 1 aliphatic carbocycles. The molecule has 8 nitrogen and oxygen atoms in total. The van der Waals surface area contributed by atoms with E-state index in [9.17, 15) is 14.4 Å². The van der Waals surface area contributed by atoms with Gasteiger partial charge in [0, 0.05) is 25.2 Å². The number of rotatable bonds is 12. The van der Waals surface area contributed by atoms with Crippen LogP contribution in [0, 0.1) is 0 Å². The second-order valence-electron chi connectivity index (χ2n) is 12.1. The van der Waals surface area contributed by atoms with Gasteiger partial charge in [-0.2, -0.15) is 0 Å². The van der Waals surface area contributed by atoms with Gasteiger partial charge in [-0.15, -0.1) is 0 Å². The van der Waals surface area contributed by atoms with Crippen LogP contribution in [0.4, 0.5) is 10.5 Å². The third-order valence-corrected chi connectivity index (χ3v) is 9.02. The number of hydrogen-bond acceptors (Lipinski definition) is 5. The summed E-state index contributed by atoms with van der Waals surface area (Å²) in [6, 6.07) is 37.9. The molecule has 0 bridgehead atoms. The zero-order chi connectivity index (χ0) is 33.5. The average molecular weight is 641 g/mol. The van der Waals surface area contributed by atoms with Crippen LogP contribution in [0.1, 0.15) is 28.2 Å². The van der Waals surface area contributed by atoms with Gasteiger partial charge >= 0.3 is 6.09 Å². The Balaban J connectivity index is 0.982. The maximum atomic E-state index is 13.4. The van der Waals surface area contributed by atoms with Crippen molar-refractivity contribution in [3.8, 4) is 11.1 Å². The summed E-state index contributed by atoms with van der Waals surface area (Å²) in [5.74, 6) is -0.429. The number of fused-ring (bicyclic) bond motifs is 4. The Kier molecular flexibility index (Phi) is 10.1. The maximum absolute atomic E-state index is 13.4. The molecule has 8 heteroatoms. The number of hydrogen-bond donors (Lipinski definition) is 3. The van der Waals surface area contributed by atoms with Crippen LogP contribution in [-0.4, -0.2) is 62.6 Å². The number of carbonyl (C=O) groups is 3. The summed E-state index contributed by atoms with van der Waals surface area (Å²) in [5, 5.41) is 11.0. The predicted molar refractivity (Wildman–Crippen MR) is 190 cm³/mol. The minimum absolute atomic E-state index is 0.000493. The average Bonchev–Trinajstić information content (AvgIpc) is 3.44. The summed E-state index contributed by atoms with van der Waals surface area (Å²) in [6.07, 6.45) is 0.474. The molecule has 0 spiro atoms. The van der Waals surface area contributed by atoms with Crippen LogP contribution in [0.25, 0.3) is 21.9 Å². The topological polar surface area (TPSA) is 99.8 Å². The van der Waals surface area contributed by atoms with Crippen LogP contribution in [0.3, 0.4) is 0 Å². The van der Waals surface area contributed by atoms with Crippen molar-refractivity contribution in [3.05, 3.63) is 138 Å². The molecule has 0 heterocycles. The van der Waals surface area contributed by atoms with Crippen LogP contribution in [0.15, 0.2) is 115 Å². The number of nitrogens with one attached hydrogen (secondary N) is 3. The minimum Gasteiger partial charge on any atom is -0.449 e. The summed E-state index contributed by atoms with van der Waals surface area (Å²) in [7, 11) is 3.60. The van der Waals surface area contributed by atoms with Crippen LogP contribution >= 0.6 is 0 Å². The van der Waals surface area contributed by atoms with E-state index < -0.39 is 6.09 Å². The van der Waals surface area contributed by atoms with Gasteiger partial charge in [-0.3, -0.25) is 9.59 Å². The number of likely N-dealkylation sites (N-methyl/N-ethyl adjacent to an activating group) is 2. The van der Waals surface area contributed by atoms with Gasteiger partial charge in [-0.05, 0) is 70.1 Å². The van der Waals surface area contributed by atoms with Crippen molar-refractivity contribution in [1.29, 1.82) is 0 Å². The predicted octanol–water partition coefficient (Wildman–Crippen LogP) is 6.15. The Morgan fingerprint density at radius 3 is 2.17 bits per heavy atom. The molecule has 5 aromatic rings. The first kappa shape index (κ1) is 32.5. The molecule has 0 fully saturated rings. The van der Waals surface area contributed by atoms with E-state index in [0.29, 0.717) is 25.1 Å². The van der Waals surface area contributed by atoms with E-state index >= 15 is 0 Å². The summed E-state index contributed by atoms with van der Waals surface area (Å²) in [4.78, 5) is 40.5. The number of nitrogens with zero attached hydrogens (tertiary/aromatic N) is 1. The van der Waals surface area contributed by atoms with Gasteiger partial charge in [0.1, 0.15) is 13.2 Å². The Morgan fingerprint density at radius 2 is 1.44 bits per heavy atom. The highest BCUT2D eigenvalue weighted by Crippen LogP contribution is 2.44. The molecule has 5 aromatic carbocycles. The lowest BCUT2D eigenvalue weighted by atomic mass is 9.98. The van der Waals surface area contributed by atoms with Gasteiger partial charge in [0.05, 0.1) is 6.04 Å². The molecular weight excluding hydrogens is 600 g/mol. The first-order valence-electron chi connectivity index (χ1n) is 16.3. The fraction of sp³-hybridized carbons (Fsp3) is 0.225. The van der Waals surface area contributed by atoms with Crippen molar-refractivity contribution in [2.75, 3.05) is 39.1 Å². The fourth-order valence-corrected chi connectivity index (χ4v) is 6.44. The Morgan fingerprint density at radius 1 is 0.792 bits per heavy atom. The van der Waals surface area contributed by atoms with Gasteiger partial charge in [-0.25, -0.2) is 4.79 Å². The van der Waals surface area contributed by atoms with Crippen molar-refractivity contribution in [3.63, 3.8) is 0 Å². The number of ether oxygens (including phenoxy) is 1. The van der Waals surface area contributed by atoms with Crippen LogP contribution < -0.4 is 16.0 Å². The molecule has 3 amide bonds. The largest absolute Gasteiger partial charge is 0.449 e. The molecule has 6 rings (SSSR count). The lowest BCUT2D eigenvalue weighted by Gasteiger charge is -2.24. The summed E-state index contributed by atoms with van der Waals surface area (Å²) < 4.78 is 5.56. The number of alkyl carbamates (subject to hydrolysis) is 1. The zero-order valence-corrected chi connectivity index (χ0v) is 27.2. The van der Waals surface area contributed by atoms with E-state index in [1.54, 1.807) is 19.0 Å². The summed E-state index contributed by atoms with van der Waals surface area (Å²) in [5.41, 5.74) is 7.17. The maximum Gasteiger partial charge on any atom is 0.407 e. The standard InChI is InChI=1S/C40H40N4O4/c1-41-37(24-27-19-20-28-11-3-4-13-30(28)23-27)39(46)44(2)22-21-29-12-5-10-18-36(29)43-38(45)25-42-40(47)48-26-35-33-16-8-6-14-31(33)32-15-7-9-17-34(32)35/h3-20,23,35,37,41H,21-22,24-26H2,1-2H3,(H,42,47)(H,43,45)/t37-/m1/s1. The Labute approximate surface area is 281 Å². The number of carbonyl (C=O) groups excluding carboxylic acids is 3. The molecule has 0 saturated heterocycles. The molecule has 48 heavy (non-hydrogen) atoms. The van der Waals surface area contributed by atoms with Gasteiger partial charge in [0.2, 0.25) is 11.8 Å². The number of para-hydroxylation sites is 1. The van der Waals surface area contributed by atoms with E-state index in [-0.39, 0.29) is 36.9 Å². The fourth-order valence-electron chi connectivity index (χ4n) is 6.44.